The molecule has 0 amide bonds. The standard InChI is InChI=1S/C14H13FN2O2/c1-16(2)14-8-7-10(17(18)19)9-12(14)11-5-3-4-6-13(11)15/h3-9H,1-2H3. The Hall–Kier alpha value is -2.43. The maximum absolute atomic E-state index is 13.9. The van der Waals surface area contributed by atoms with Crippen molar-refractivity contribution in [3.8, 4) is 11.1 Å². The van der Waals surface area contributed by atoms with Crippen molar-refractivity contribution in [1.82, 2.24) is 0 Å². The van der Waals surface area contributed by atoms with Crippen LogP contribution in [0.25, 0.3) is 11.1 Å². The van der Waals surface area contributed by atoms with Crippen molar-refractivity contribution in [2.75, 3.05) is 19.0 Å². The number of anilines is 1. The van der Waals surface area contributed by atoms with E-state index in [-0.39, 0.29) is 5.69 Å². The second-order valence-corrected chi connectivity index (χ2v) is 4.33. The Labute approximate surface area is 110 Å². The summed E-state index contributed by atoms with van der Waals surface area (Å²) in [5.74, 6) is -0.397. The van der Waals surface area contributed by atoms with Crippen molar-refractivity contribution in [3.63, 3.8) is 0 Å². The zero-order valence-electron chi connectivity index (χ0n) is 10.6. The molecule has 0 aliphatic rings. The Morgan fingerprint density at radius 2 is 1.79 bits per heavy atom. The van der Waals surface area contributed by atoms with Crippen LogP contribution >= 0.6 is 0 Å². The molecular weight excluding hydrogens is 247 g/mol. The SMILES string of the molecule is CN(C)c1ccc([N+](=O)[O-])cc1-c1ccccc1F. The zero-order valence-corrected chi connectivity index (χ0v) is 10.6. The smallest absolute Gasteiger partial charge is 0.270 e. The summed E-state index contributed by atoms with van der Waals surface area (Å²) in [7, 11) is 3.62. The summed E-state index contributed by atoms with van der Waals surface area (Å²) in [5.41, 5.74) is 1.55. The van der Waals surface area contributed by atoms with E-state index >= 15 is 0 Å². The van der Waals surface area contributed by atoms with Gasteiger partial charge in [0.2, 0.25) is 0 Å². The second kappa shape index (κ2) is 5.06. The molecule has 0 unspecified atom stereocenters. The van der Waals surface area contributed by atoms with E-state index in [1.165, 1.54) is 18.2 Å². The normalized spacial score (nSPS) is 10.3. The molecule has 0 fully saturated rings. The summed E-state index contributed by atoms with van der Waals surface area (Å²) in [5, 5.41) is 10.8. The average Bonchev–Trinajstić information content (AvgIpc) is 2.38. The van der Waals surface area contributed by atoms with Crippen molar-refractivity contribution in [2.24, 2.45) is 0 Å². The second-order valence-electron chi connectivity index (χ2n) is 4.33. The lowest BCUT2D eigenvalue weighted by Gasteiger charge is -2.17. The van der Waals surface area contributed by atoms with Crippen LogP contribution < -0.4 is 4.90 Å². The summed E-state index contributed by atoms with van der Waals surface area (Å²) in [6, 6.07) is 10.7. The molecular formula is C14H13FN2O2. The number of nitrogens with zero attached hydrogens (tertiary/aromatic N) is 2. The third kappa shape index (κ3) is 2.54. The van der Waals surface area contributed by atoms with E-state index in [1.54, 1.807) is 29.2 Å². The lowest BCUT2D eigenvalue weighted by atomic mass is 10.0. The maximum atomic E-state index is 13.9. The zero-order chi connectivity index (χ0) is 14.0. The Bertz CT molecular complexity index is 627. The molecule has 0 radical (unpaired) electrons. The van der Waals surface area contributed by atoms with Crippen molar-refractivity contribution in [1.29, 1.82) is 0 Å². The predicted molar refractivity (Wildman–Crippen MR) is 72.8 cm³/mol. The molecule has 0 spiro atoms. The number of non-ortho nitro benzene ring substituents is 1. The van der Waals surface area contributed by atoms with Gasteiger partial charge >= 0.3 is 0 Å². The quantitative estimate of drug-likeness (QED) is 0.627. The minimum atomic E-state index is -0.482. The molecule has 0 heterocycles. The molecule has 2 aromatic carbocycles. The van der Waals surface area contributed by atoms with Gasteiger partial charge < -0.3 is 4.90 Å². The van der Waals surface area contributed by atoms with E-state index in [1.807, 2.05) is 14.1 Å². The van der Waals surface area contributed by atoms with Crippen LogP contribution in [0, 0.1) is 15.9 Å². The largest absolute Gasteiger partial charge is 0.377 e. The highest BCUT2D eigenvalue weighted by Crippen LogP contribution is 2.34. The number of nitro benzene ring substituents is 1. The Kier molecular flexibility index (Phi) is 3.46. The van der Waals surface area contributed by atoms with Gasteiger partial charge in [-0.05, 0) is 12.1 Å². The number of hydrogen-bond acceptors (Lipinski definition) is 3. The molecule has 0 aliphatic heterocycles. The first kappa shape index (κ1) is 13.0. The van der Waals surface area contributed by atoms with Crippen molar-refractivity contribution in [3.05, 3.63) is 58.4 Å². The summed E-state index contributed by atoms with van der Waals surface area (Å²) in [6.07, 6.45) is 0. The van der Waals surface area contributed by atoms with E-state index < -0.39 is 10.7 Å². The van der Waals surface area contributed by atoms with Gasteiger partial charge in [0, 0.05) is 43.0 Å². The minimum Gasteiger partial charge on any atom is -0.377 e. The van der Waals surface area contributed by atoms with E-state index in [2.05, 4.69) is 0 Å². The molecule has 0 aromatic heterocycles. The van der Waals surface area contributed by atoms with Crippen molar-refractivity contribution in [2.45, 2.75) is 0 Å². The van der Waals surface area contributed by atoms with Gasteiger partial charge in [0.25, 0.3) is 5.69 Å². The third-order valence-corrected chi connectivity index (χ3v) is 2.84. The monoisotopic (exact) mass is 260 g/mol. The molecule has 19 heavy (non-hydrogen) atoms. The van der Waals surface area contributed by atoms with Crippen molar-refractivity contribution < 1.29 is 9.31 Å². The molecule has 2 rings (SSSR count). The minimum absolute atomic E-state index is 0.0520. The fourth-order valence-corrected chi connectivity index (χ4v) is 1.92. The average molecular weight is 260 g/mol. The summed E-state index contributed by atoms with van der Waals surface area (Å²) in [4.78, 5) is 12.2. The molecule has 0 bridgehead atoms. The molecule has 4 nitrogen and oxygen atoms in total. The topological polar surface area (TPSA) is 46.4 Å². The highest BCUT2D eigenvalue weighted by atomic mass is 19.1. The molecule has 0 saturated heterocycles. The fourth-order valence-electron chi connectivity index (χ4n) is 1.92. The Morgan fingerprint density at radius 1 is 1.11 bits per heavy atom. The number of benzene rings is 2. The van der Waals surface area contributed by atoms with E-state index in [4.69, 9.17) is 0 Å². The van der Waals surface area contributed by atoms with Crippen molar-refractivity contribution >= 4 is 11.4 Å². The number of halogens is 1. The highest BCUT2D eigenvalue weighted by Gasteiger charge is 2.15. The van der Waals surface area contributed by atoms with Crippen LogP contribution in [0.3, 0.4) is 0 Å². The third-order valence-electron chi connectivity index (χ3n) is 2.84. The van der Waals surface area contributed by atoms with Gasteiger partial charge in [0.1, 0.15) is 5.82 Å². The van der Waals surface area contributed by atoms with E-state index in [9.17, 15) is 14.5 Å². The van der Waals surface area contributed by atoms with Gasteiger partial charge in [-0.3, -0.25) is 10.1 Å². The van der Waals surface area contributed by atoms with Gasteiger partial charge in [-0.2, -0.15) is 0 Å². The molecule has 2 aromatic rings. The Balaban J connectivity index is 2.68. The Morgan fingerprint density at radius 3 is 2.37 bits per heavy atom. The fraction of sp³-hybridized carbons (Fsp3) is 0.143. The number of rotatable bonds is 3. The first-order valence-corrected chi connectivity index (χ1v) is 5.71. The van der Waals surface area contributed by atoms with Gasteiger partial charge in [-0.1, -0.05) is 18.2 Å². The van der Waals surface area contributed by atoms with Crippen LogP contribution in [-0.4, -0.2) is 19.0 Å². The lowest BCUT2D eigenvalue weighted by Crippen LogP contribution is -2.10. The van der Waals surface area contributed by atoms with Crippen LogP contribution in [0.15, 0.2) is 42.5 Å². The van der Waals surface area contributed by atoms with E-state index in [0.717, 1.165) is 5.69 Å². The molecule has 98 valence electrons. The first-order chi connectivity index (χ1) is 9.00. The number of nitro groups is 1. The van der Waals surface area contributed by atoms with Crippen LogP contribution in [-0.2, 0) is 0 Å². The van der Waals surface area contributed by atoms with Gasteiger partial charge in [-0.25, -0.2) is 4.39 Å². The predicted octanol–water partition coefficient (Wildman–Crippen LogP) is 3.47. The van der Waals surface area contributed by atoms with Crippen LogP contribution in [0.2, 0.25) is 0 Å². The van der Waals surface area contributed by atoms with Crippen LogP contribution in [0.1, 0.15) is 0 Å². The lowest BCUT2D eigenvalue weighted by molar-refractivity contribution is -0.384. The summed E-state index contributed by atoms with van der Waals surface area (Å²) < 4.78 is 13.9. The first-order valence-electron chi connectivity index (χ1n) is 5.71. The van der Waals surface area contributed by atoms with Crippen LogP contribution in [0.5, 0.6) is 0 Å². The van der Waals surface area contributed by atoms with Gasteiger partial charge in [0.05, 0.1) is 4.92 Å². The highest BCUT2D eigenvalue weighted by molar-refractivity contribution is 5.80. The summed E-state index contributed by atoms with van der Waals surface area (Å²) >= 11 is 0. The summed E-state index contributed by atoms with van der Waals surface area (Å²) in [6.45, 7) is 0. The molecule has 0 atom stereocenters. The molecule has 0 N–H and O–H groups in total. The van der Waals surface area contributed by atoms with Crippen LogP contribution in [0.4, 0.5) is 15.8 Å². The van der Waals surface area contributed by atoms with Gasteiger partial charge in [-0.15, -0.1) is 0 Å². The molecule has 5 heteroatoms. The van der Waals surface area contributed by atoms with E-state index in [0.29, 0.717) is 11.1 Å². The molecule has 0 aliphatic carbocycles. The van der Waals surface area contributed by atoms with Gasteiger partial charge in [0.15, 0.2) is 0 Å². The maximum Gasteiger partial charge on any atom is 0.270 e. The number of hydrogen-bond donors (Lipinski definition) is 0. The molecule has 0 saturated carbocycles.